The van der Waals surface area contributed by atoms with Gasteiger partial charge in [-0.2, -0.15) is 0 Å². The highest BCUT2D eigenvalue weighted by atomic mass is 32.1. The average molecular weight is 521 g/mol. The maximum Gasteiger partial charge on any atom is 0.262 e. The lowest BCUT2D eigenvalue weighted by atomic mass is 9.82. The minimum absolute atomic E-state index is 0.221. The lowest BCUT2D eigenvalue weighted by Crippen LogP contribution is -2.42. The van der Waals surface area contributed by atoms with Crippen molar-refractivity contribution in [2.24, 2.45) is 0 Å². The molecule has 0 spiro atoms. The smallest absolute Gasteiger partial charge is 0.262 e. The molecule has 4 heterocycles. The number of carbonyl (C=O) groups excluding carboxylic acids is 4. The van der Waals surface area contributed by atoms with E-state index in [1.54, 1.807) is 6.92 Å². The zero-order valence-electron chi connectivity index (χ0n) is 19.7. The lowest BCUT2D eigenvalue weighted by molar-refractivity contribution is 0.0612. The fraction of sp³-hybridized carbons (Fsp3) is 0.103. The Morgan fingerprint density at radius 1 is 0.595 bits per heavy atom. The Bertz CT molecular complexity index is 2130. The molecule has 0 saturated heterocycles. The number of carbonyl (C=O) groups is 4. The van der Waals surface area contributed by atoms with Gasteiger partial charge in [0.15, 0.2) is 0 Å². The number of hydrogen-bond donors (Lipinski definition) is 0. The van der Waals surface area contributed by atoms with Gasteiger partial charge in [-0.05, 0) is 19.1 Å². The van der Waals surface area contributed by atoms with Gasteiger partial charge in [0.1, 0.15) is 0 Å². The van der Waals surface area contributed by atoms with E-state index >= 15 is 0 Å². The molecule has 2 aliphatic heterocycles. The van der Waals surface area contributed by atoms with E-state index in [9.17, 15) is 19.2 Å². The first-order chi connectivity index (χ1) is 17.9. The maximum absolute atomic E-state index is 14.0. The van der Waals surface area contributed by atoms with Crippen LogP contribution < -0.4 is 0 Å². The third-order valence-electron chi connectivity index (χ3n) is 7.67. The topological polar surface area (TPSA) is 74.8 Å². The van der Waals surface area contributed by atoms with Gasteiger partial charge < -0.3 is 0 Å². The standard InChI is InChI=1S/C29H16N2O4S2/c1-3-31-28(34)21-17-13-9-5-7-11-15(13)36-24(17)22-18-19(21)23(29(31)35)25-16(12-8-4-6-10-14(12)37-25)20(18)26(32)30(2)27(22)33/h4-11H,3H2,1-2H3. The van der Waals surface area contributed by atoms with E-state index in [4.69, 9.17) is 0 Å². The van der Waals surface area contributed by atoms with Gasteiger partial charge >= 0.3 is 0 Å². The van der Waals surface area contributed by atoms with Crippen molar-refractivity contribution in [3.05, 3.63) is 70.8 Å². The molecule has 0 aliphatic carbocycles. The van der Waals surface area contributed by atoms with Crippen LogP contribution in [0.15, 0.2) is 48.5 Å². The summed E-state index contributed by atoms with van der Waals surface area (Å²) in [4.78, 5) is 58.0. The van der Waals surface area contributed by atoms with Crippen molar-refractivity contribution in [2.45, 2.75) is 6.92 Å². The molecular formula is C29H16N2O4S2. The monoisotopic (exact) mass is 520 g/mol. The second kappa shape index (κ2) is 6.79. The van der Waals surface area contributed by atoms with Crippen molar-refractivity contribution in [1.82, 2.24) is 9.80 Å². The molecule has 4 amide bonds. The summed E-state index contributed by atoms with van der Waals surface area (Å²) in [5.74, 6) is -1.60. The largest absolute Gasteiger partial charge is 0.277 e. The molecule has 0 fully saturated rings. The summed E-state index contributed by atoms with van der Waals surface area (Å²) in [6.07, 6.45) is 0. The van der Waals surface area contributed by atoms with Gasteiger partial charge in [-0.3, -0.25) is 29.0 Å². The Morgan fingerprint density at radius 2 is 1.03 bits per heavy atom. The lowest BCUT2D eigenvalue weighted by Gasteiger charge is -2.32. The van der Waals surface area contributed by atoms with Crippen molar-refractivity contribution in [3.63, 3.8) is 0 Å². The summed E-state index contributed by atoms with van der Waals surface area (Å²) in [5.41, 5.74) is 1.62. The predicted molar refractivity (Wildman–Crippen MR) is 147 cm³/mol. The molecule has 37 heavy (non-hydrogen) atoms. The fourth-order valence-corrected chi connectivity index (χ4v) is 8.58. The highest BCUT2D eigenvalue weighted by Crippen LogP contribution is 2.52. The molecule has 6 nitrogen and oxygen atoms in total. The summed E-state index contributed by atoms with van der Waals surface area (Å²) < 4.78 is 3.24. The van der Waals surface area contributed by atoms with Crippen LogP contribution in [0.25, 0.3) is 51.1 Å². The predicted octanol–water partition coefficient (Wildman–Crippen LogP) is 6.42. The van der Waals surface area contributed by atoms with E-state index in [2.05, 4.69) is 0 Å². The number of benzene rings is 4. The summed E-state index contributed by atoms with van der Waals surface area (Å²) in [7, 11) is 1.50. The van der Waals surface area contributed by atoms with E-state index in [0.717, 1.165) is 20.2 Å². The van der Waals surface area contributed by atoms with E-state index in [1.165, 1.54) is 39.5 Å². The van der Waals surface area contributed by atoms with Crippen molar-refractivity contribution in [3.8, 4) is 0 Å². The minimum atomic E-state index is -0.415. The third kappa shape index (κ3) is 2.27. The molecule has 4 aromatic carbocycles. The first-order valence-corrected chi connectivity index (χ1v) is 13.5. The molecule has 0 unspecified atom stereocenters. The molecule has 178 valence electrons. The number of imide groups is 2. The van der Waals surface area contributed by atoms with Crippen LogP contribution in [0.4, 0.5) is 0 Å². The van der Waals surface area contributed by atoms with E-state index in [1.807, 2.05) is 48.5 Å². The number of rotatable bonds is 1. The van der Waals surface area contributed by atoms with Crippen LogP contribution in [-0.4, -0.2) is 47.0 Å². The van der Waals surface area contributed by atoms with Gasteiger partial charge in [-0.15, -0.1) is 22.7 Å². The van der Waals surface area contributed by atoms with Crippen LogP contribution in [0.5, 0.6) is 0 Å². The Morgan fingerprint density at radius 3 is 1.57 bits per heavy atom. The Hall–Kier alpha value is -4.14. The second-order valence-corrected chi connectivity index (χ2v) is 11.5. The minimum Gasteiger partial charge on any atom is -0.277 e. The van der Waals surface area contributed by atoms with E-state index in [0.29, 0.717) is 53.2 Å². The summed E-state index contributed by atoms with van der Waals surface area (Å²) in [6.45, 7) is 2.01. The van der Waals surface area contributed by atoms with Crippen LogP contribution >= 0.6 is 22.7 Å². The van der Waals surface area contributed by atoms with Crippen LogP contribution in [-0.2, 0) is 0 Å². The second-order valence-electron chi connectivity index (χ2n) is 9.38. The highest BCUT2D eigenvalue weighted by Gasteiger charge is 2.44. The van der Waals surface area contributed by atoms with Crippen LogP contribution in [0.2, 0.25) is 0 Å². The molecule has 8 heteroatoms. The quantitative estimate of drug-likeness (QED) is 0.235. The summed E-state index contributed by atoms with van der Waals surface area (Å²) in [5, 5.41) is 3.97. The molecule has 6 aromatic rings. The molecule has 2 aliphatic rings. The average Bonchev–Trinajstić information content (AvgIpc) is 3.47. The van der Waals surface area contributed by atoms with Crippen molar-refractivity contribution in [1.29, 1.82) is 0 Å². The third-order valence-corrected chi connectivity index (χ3v) is 10.0. The van der Waals surface area contributed by atoms with Gasteiger partial charge in [0.25, 0.3) is 23.6 Å². The molecule has 0 saturated carbocycles. The first-order valence-electron chi connectivity index (χ1n) is 11.9. The van der Waals surface area contributed by atoms with Crippen LogP contribution in [0.1, 0.15) is 48.4 Å². The Labute approximate surface area is 217 Å². The van der Waals surface area contributed by atoms with Crippen LogP contribution in [0.3, 0.4) is 0 Å². The van der Waals surface area contributed by atoms with Crippen molar-refractivity contribution >= 4 is 97.4 Å². The highest BCUT2D eigenvalue weighted by molar-refractivity contribution is 7.27. The Kier molecular flexibility index (Phi) is 3.85. The molecule has 0 atom stereocenters. The van der Waals surface area contributed by atoms with Gasteiger partial charge in [-0.1, -0.05) is 36.4 Å². The zero-order chi connectivity index (χ0) is 25.3. The summed E-state index contributed by atoms with van der Waals surface area (Å²) in [6, 6.07) is 15.5. The van der Waals surface area contributed by atoms with Crippen molar-refractivity contribution in [2.75, 3.05) is 13.6 Å². The number of hydrogen-bond acceptors (Lipinski definition) is 6. The zero-order valence-corrected chi connectivity index (χ0v) is 21.3. The van der Waals surface area contributed by atoms with Gasteiger partial charge in [0, 0.05) is 64.7 Å². The molecular weight excluding hydrogens is 504 g/mol. The maximum atomic E-state index is 14.0. The normalized spacial score (nSPS) is 15.5. The Balaban J connectivity index is 1.80. The van der Waals surface area contributed by atoms with Gasteiger partial charge in [0.05, 0.1) is 22.3 Å². The first kappa shape index (κ1) is 21.0. The number of thiophene rings is 2. The van der Waals surface area contributed by atoms with Crippen molar-refractivity contribution < 1.29 is 19.2 Å². The number of amides is 4. The molecule has 0 N–H and O–H groups in total. The van der Waals surface area contributed by atoms with E-state index < -0.39 is 11.8 Å². The number of nitrogens with zero attached hydrogens (tertiary/aromatic N) is 2. The van der Waals surface area contributed by atoms with E-state index in [-0.39, 0.29) is 18.4 Å². The fourth-order valence-electron chi connectivity index (χ4n) is 6.08. The molecule has 8 rings (SSSR count). The molecule has 2 aromatic heterocycles. The van der Waals surface area contributed by atoms with Gasteiger partial charge in [0.2, 0.25) is 0 Å². The molecule has 0 radical (unpaired) electrons. The van der Waals surface area contributed by atoms with Crippen LogP contribution in [0, 0.1) is 0 Å². The molecule has 0 bridgehead atoms. The SMILES string of the molecule is CCN1C(=O)c2c3sc4ccccc4c3c3c4c(c5sc6ccccc6c5c(c24)C1=O)C(=O)N(C)C3=O. The summed E-state index contributed by atoms with van der Waals surface area (Å²) >= 11 is 2.90. The van der Waals surface area contributed by atoms with Gasteiger partial charge in [-0.25, -0.2) is 0 Å². The number of fused-ring (bicyclic) bond motifs is 10.